The normalized spacial score (nSPS) is 10.3. The molecule has 2 N–H and O–H groups in total. The SMILES string of the molecule is CC(C)c1nc(N)cc(N(C)c2ccc(C#N)cc2)n1. The Bertz CT molecular complexity index is 640. The molecule has 1 aromatic carbocycles. The van der Waals surface area contributed by atoms with Gasteiger partial charge in [0.05, 0.1) is 11.6 Å². The molecule has 5 nitrogen and oxygen atoms in total. The molecule has 2 aromatic rings. The molecule has 1 heterocycles. The topological polar surface area (TPSA) is 78.8 Å². The van der Waals surface area contributed by atoms with E-state index in [0.717, 1.165) is 17.3 Å². The molecule has 0 bridgehead atoms. The highest BCUT2D eigenvalue weighted by Gasteiger charge is 2.11. The molecule has 5 heteroatoms. The Hall–Kier alpha value is -2.61. The van der Waals surface area contributed by atoms with Gasteiger partial charge in [-0.25, -0.2) is 9.97 Å². The van der Waals surface area contributed by atoms with Crippen LogP contribution in [0.15, 0.2) is 30.3 Å². The summed E-state index contributed by atoms with van der Waals surface area (Å²) < 4.78 is 0. The van der Waals surface area contributed by atoms with Crippen molar-refractivity contribution in [1.29, 1.82) is 5.26 Å². The maximum atomic E-state index is 8.82. The molecule has 20 heavy (non-hydrogen) atoms. The van der Waals surface area contributed by atoms with Gasteiger partial charge in [0, 0.05) is 24.7 Å². The standard InChI is InChI=1S/C15H17N5/c1-10(2)15-18-13(17)8-14(19-15)20(3)12-6-4-11(9-16)5-7-12/h4-8,10H,1-3H3,(H2,17,18,19). The number of aromatic nitrogens is 2. The summed E-state index contributed by atoms with van der Waals surface area (Å²) in [5.74, 6) is 2.14. The Labute approximate surface area is 118 Å². The summed E-state index contributed by atoms with van der Waals surface area (Å²) in [6, 6.07) is 11.2. The van der Waals surface area contributed by atoms with Gasteiger partial charge in [0.25, 0.3) is 0 Å². The third-order valence-electron chi connectivity index (χ3n) is 2.99. The van der Waals surface area contributed by atoms with Crippen molar-refractivity contribution in [2.24, 2.45) is 0 Å². The molecule has 0 radical (unpaired) electrons. The molecule has 102 valence electrons. The van der Waals surface area contributed by atoms with E-state index in [4.69, 9.17) is 11.0 Å². The van der Waals surface area contributed by atoms with Crippen LogP contribution in [-0.2, 0) is 0 Å². The summed E-state index contributed by atoms with van der Waals surface area (Å²) in [7, 11) is 1.91. The summed E-state index contributed by atoms with van der Waals surface area (Å²) >= 11 is 0. The Morgan fingerprint density at radius 1 is 1.20 bits per heavy atom. The first-order valence-electron chi connectivity index (χ1n) is 6.39. The number of nitrogens with two attached hydrogens (primary N) is 1. The van der Waals surface area contributed by atoms with Crippen LogP contribution in [0.1, 0.15) is 31.2 Å². The smallest absolute Gasteiger partial charge is 0.138 e. The maximum absolute atomic E-state index is 8.82. The van der Waals surface area contributed by atoms with Crippen LogP contribution in [0, 0.1) is 11.3 Å². The second-order valence-electron chi connectivity index (χ2n) is 4.88. The minimum atomic E-state index is 0.214. The van der Waals surface area contributed by atoms with E-state index in [-0.39, 0.29) is 5.92 Å². The Morgan fingerprint density at radius 2 is 1.85 bits per heavy atom. The van der Waals surface area contributed by atoms with Crippen molar-refractivity contribution in [2.75, 3.05) is 17.7 Å². The zero-order valence-electron chi connectivity index (χ0n) is 11.8. The molecule has 0 atom stereocenters. The predicted molar refractivity (Wildman–Crippen MR) is 79.8 cm³/mol. The summed E-state index contributed by atoms with van der Waals surface area (Å²) in [5.41, 5.74) is 7.41. The Kier molecular flexibility index (Phi) is 3.85. The summed E-state index contributed by atoms with van der Waals surface area (Å²) in [6.07, 6.45) is 0. The lowest BCUT2D eigenvalue weighted by Crippen LogP contribution is -2.14. The van der Waals surface area contributed by atoms with Gasteiger partial charge in [0.1, 0.15) is 17.5 Å². The second-order valence-corrected chi connectivity index (χ2v) is 4.88. The maximum Gasteiger partial charge on any atom is 0.138 e. The van der Waals surface area contributed by atoms with Crippen LogP contribution in [0.25, 0.3) is 0 Å². The van der Waals surface area contributed by atoms with Crippen molar-refractivity contribution in [3.63, 3.8) is 0 Å². The molecule has 0 saturated heterocycles. The molecule has 0 aliphatic rings. The average molecular weight is 267 g/mol. The van der Waals surface area contributed by atoms with Crippen molar-refractivity contribution in [2.45, 2.75) is 19.8 Å². The molecule has 1 aromatic heterocycles. The van der Waals surface area contributed by atoms with Crippen molar-refractivity contribution >= 4 is 17.3 Å². The van der Waals surface area contributed by atoms with Crippen LogP contribution in [0.2, 0.25) is 0 Å². The van der Waals surface area contributed by atoms with Crippen LogP contribution in [0.3, 0.4) is 0 Å². The zero-order valence-corrected chi connectivity index (χ0v) is 11.8. The molecule has 0 unspecified atom stereocenters. The first-order valence-corrected chi connectivity index (χ1v) is 6.39. The quantitative estimate of drug-likeness (QED) is 0.925. The molecular weight excluding hydrogens is 250 g/mol. The van der Waals surface area contributed by atoms with Gasteiger partial charge in [-0.05, 0) is 24.3 Å². The van der Waals surface area contributed by atoms with Crippen LogP contribution >= 0.6 is 0 Å². The second kappa shape index (κ2) is 5.57. The van der Waals surface area contributed by atoms with Crippen LogP contribution in [0.4, 0.5) is 17.3 Å². The van der Waals surface area contributed by atoms with Gasteiger partial charge in [0.2, 0.25) is 0 Å². The van der Waals surface area contributed by atoms with E-state index in [1.807, 2.05) is 37.9 Å². The van der Waals surface area contributed by atoms with Gasteiger partial charge in [0.15, 0.2) is 0 Å². The van der Waals surface area contributed by atoms with Gasteiger partial charge in [-0.15, -0.1) is 0 Å². The minimum Gasteiger partial charge on any atom is -0.384 e. The molecule has 0 saturated carbocycles. The fraction of sp³-hybridized carbons (Fsp3) is 0.267. The number of nitrogen functional groups attached to an aromatic ring is 1. The average Bonchev–Trinajstić information content (AvgIpc) is 2.46. The van der Waals surface area contributed by atoms with E-state index < -0.39 is 0 Å². The monoisotopic (exact) mass is 267 g/mol. The van der Waals surface area contributed by atoms with E-state index in [1.54, 1.807) is 18.2 Å². The van der Waals surface area contributed by atoms with Crippen molar-refractivity contribution in [3.05, 3.63) is 41.7 Å². The lowest BCUT2D eigenvalue weighted by molar-refractivity contribution is 0.775. The fourth-order valence-corrected chi connectivity index (χ4v) is 1.79. The number of nitrogens with zero attached hydrogens (tertiary/aromatic N) is 4. The fourth-order valence-electron chi connectivity index (χ4n) is 1.79. The van der Waals surface area contributed by atoms with Gasteiger partial charge in [-0.2, -0.15) is 5.26 Å². The highest BCUT2D eigenvalue weighted by molar-refractivity contribution is 5.62. The first kappa shape index (κ1) is 13.8. The lowest BCUT2D eigenvalue weighted by atomic mass is 10.2. The third-order valence-corrected chi connectivity index (χ3v) is 2.99. The number of anilines is 3. The number of nitriles is 1. The zero-order chi connectivity index (χ0) is 14.7. The van der Waals surface area contributed by atoms with Crippen molar-refractivity contribution in [3.8, 4) is 6.07 Å². The van der Waals surface area contributed by atoms with Crippen LogP contribution in [0.5, 0.6) is 0 Å². The van der Waals surface area contributed by atoms with E-state index in [1.165, 1.54) is 0 Å². The van der Waals surface area contributed by atoms with Gasteiger partial charge in [-0.3, -0.25) is 0 Å². The van der Waals surface area contributed by atoms with Gasteiger partial charge >= 0.3 is 0 Å². The molecular formula is C15H17N5. The number of hydrogen-bond acceptors (Lipinski definition) is 5. The molecule has 0 fully saturated rings. The molecule has 2 rings (SSSR count). The minimum absolute atomic E-state index is 0.214. The Balaban J connectivity index is 2.37. The summed E-state index contributed by atoms with van der Waals surface area (Å²) in [6.45, 7) is 4.06. The Morgan fingerprint density at radius 3 is 2.40 bits per heavy atom. The van der Waals surface area contributed by atoms with E-state index in [0.29, 0.717) is 11.4 Å². The van der Waals surface area contributed by atoms with Crippen molar-refractivity contribution in [1.82, 2.24) is 9.97 Å². The molecule has 0 amide bonds. The van der Waals surface area contributed by atoms with E-state index in [9.17, 15) is 0 Å². The number of hydrogen-bond donors (Lipinski definition) is 1. The molecule has 0 aliphatic heterocycles. The lowest BCUT2D eigenvalue weighted by Gasteiger charge is -2.19. The summed E-state index contributed by atoms with van der Waals surface area (Å²) in [4.78, 5) is 10.7. The van der Waals surface area contributed by atoms with Crippen molar-refractivity contribution < 1.29 is 0 Å². The third kappa shape index (κ3) is 2.86. The highest BCUT2D eigenvalue weighted by atomic mass is 15.2. The highest BCUT2D eigenvalue weighted by Crippen LogP contribution is 2.24. The molecule has 0 spiro atoms. The summed E-state index contributed by atoms with van der Waals surface area (Å²) in [5, 5.41) is 8.82. The van der Waals surface area contributed by atoms with Gasteiger partial charge < -0.3 is 10.6 Å². The largest absolute Gasteiger partial charge is 0.384 e. The molecule has 0 aliphatic carbocycles. The van der Waals surface area contributed by atoms with Gasteiger partial charge in [-0.1, -0.05) is 13.8 Å². The van der Waals surface area contributed by atoms with Crippen LogP contribution in [-0.4, -0.2) is 17.0 Å². The van der Waals surface area contributed by atoms with Crippen LogP contribution < -0.4 is 10.6 Å². The first-order chi connectivity index (χ1) is 9.51. The predicted octanol–water partition coefficient (Wildman–Crippen LogP) is 2.82. The number of benzene rings is 1. The van der Waals surface area contributed by atoms with E-state index >= 15 is 0 Å². The van der Waals surface area contributed by atoms with E-state index in [2.05, 4.69) is 16.0 Å². The number of rotatable bonds is 3.